The molecule has 28 heavy (non-hydrogen) atoms. The van der Waals surface area contributed by atoms with E-state index < -0.39 is 5.91 Å². The summed E-state index contributed by atoms with van der Waals surface area (Å²) in [7, 11) is 0. The van der Waals surface area contributed by atoms with E-state index in [0.717, 1.165) is 12.0 Å². The molecule has 3 aromatic carbocycles. The summed E-state index contributed by atoms with van der Waals surface area (Å²) in [6.45, 7) is 0. The smallest absolute Gasteiger partial charge is 0.286 e. The Hall–Kier alpha value is -3.86. The number of amides is 2. The number of anilines is 1. The Labute approximate surface area is 161 Å². The van der Waals surface area contributed by atoms with Crippen molar-refractivity contribution in [2.24, 2.45) is 5.73 Å². The zero-order valence-corrected chi connectivity index (χ0v) is 15.0. The van der Waals surface area contributed by atoms with Crippen molar-refractivity contribution in [1.29, 1.82) is 0 Å². The summed E-state index contributed by atoms with van der Waals surface area (Å²) >= 11 is 0. The molecule has 4 rings (SSSR count). The van der Waals surface area contributed by atoms with Gasteiger partial charge in [0.15, 0.2) is 0 Å². The highest BCUT2D eigenvalue weighted by molar-refractivity contribution is 6.14. The van der Waals surface area contributed by atoms with Crippen LogP contribution >= 0.6 is 0 Å². The molecule has 0 atom stereocenters. The van der Waals surface area contributed by atoms with Crippen LogP contribution in [0.3, 0.4) is 0 Å². The molecule has 0 radical (unpaired) electrons. The number of carbonyl (C=O) groups is 2. The third-order valence-electron chi connectivity index (χ3n) is 4.53. The largest absolute Gasteiger partial charge is 0.449 e. The first-order chi connectivity index (χ1) is 13.6. The number of fused-ring (bicyclic) bond motifs is 1. The topological polar surface area (TPSA) is 85.3 Å². The average Bonchev–Trinajstić information content (AvgIpc) is 3.08. The summed E-state index contributed by atoms with van der Waals surface area (Å²) < 4.78 is 5.49. The minimum Gasteiger partial charge on any atom is -0.449 e. The van der Waals surface area contributed by atoms with Gasteiger partial charge in [0.2, 0.25) is 5.76 Å². The molecule has 0 unspecified atom stereocenters. The van der Waals surface area contributed by atoms with Crippen LogP contribution in [0.5, 0.6) is 0 Å². The van der Waals surface area contributed by atoms with Gasteiger partial charge in [-0.25, -0.2) is 0 Å². The zero-order chi connectivity index (χ0) is 19.5. The summed E-state index contributed by atoms with van der Waals surface area (Å²) in [5.74, 6) is -1.12. The van der Waals surface area contributed by atoms with Crippen LogP contribution in [0.15, 0.2) is 83.3 Å². The Kier molecular flexibility index (Phi) is 4.64. The molecule has 5 heteroatoms. The van der Waals surface area contributed by atoms with Crippen molar-refractivity contribution in [3.63, 3.8) is 0 Å². The zero-order valence-electron chi connectivity index (χ0n) is 15.0. The van der Waals surface area contributed by atoms with E-state index in [1.165, 1.54) is 5.56 Å². The van der Waals surface area contributed by atoms with Crippen LogP contribution < -0.4 is 11.1 Å². The van der Waals surface area contributed by atoms with Crippen molar-refractivity contribution in [2.45, 2.75) is 6.42 Å². The molecule has 0 aliphatic heterocycles. The van der Waals surface area contributed by atoms with Gasteiger partial charge in [0, 0.05) is 10.9 Å². The number of nitrogens with one attached hydrogen (secondary N) is 1. The molecule has 5 nitrogen and oxygen atoms in total. The standard InChI is InChI=1S/C23H18N2O3/c24-22(26)21-20(18-8-4-5-9-19(18)28-21)25-23(27)17-12-10-16(11-13-17)14-15-6-2-1-3-7-15/h1-13H,14H2,(H2,24,26)(H,25,27). The van der Waals surface area contributed by atoms with Crippen LogP contribution in [0.4, 0.5) is 5.69 Å². The van der Waals surface area contributed by atoms with Gasteiger partial charge in [0.1, 0.15) is 11.3 Å². The maximum absolute atomic E-state index is 12.7. The van der Waals surface area contributed by atoms with Crippen LogP contribution in [-0.2, 0) is 6.42 Å². The maximum atomic E-state index is 12.7. The first-order valence-electron chi connectivity index (χ1n) is 8.87. The molecule has 0 aliphatic rings. The number of carbonyl (C=O) groups excluding carboxylic acids is 2. The van der Waals surface area contributed by atoms with Crippen molar-refractivity contribution in [3.8, 4) is 0 Å². The average molecular weight is 370 g/mol. The molecular formula is C23H18N2O3. The number of furan rings is 1. The van der Waals surface area contributed by atoms with Crippen LogP contribution in [0.25, 0.3) is 11.0 Å². The van der Waals surface area contributed by atoms with Crippen molar-refractivity contribution in [1.82, 2.24) is 0 Å². The van der Waals surface area contributed by atoms with Gasteiger partial charge >= 0.3 is 0 Å². The molecule has 1 heterocycles. The van der Waals surface area contributed by atoms with Gasteiger partial charge in [0.25, 0.3) is 11.8 Å². The molecule has 3 N–H and O–H groups in total. The molecule has 0 bridgehead atoms. The third-order valence-corrected chi connectivity index (χ3v) is 4.53. The number of benzene rings is 3. The number of hydrogen-bond donors (Lipinski definition) is 2. The van der Waals surface area contributed by atoms with Crippen LogP contribution in [0.2, 0.25) is 0 Å². The van der Waals surface area contributed by atoms with E-state index in [4.69, 9.17) is 10.2 Å². The van der Waals surface area contributed by atoms with Gasteiger partial charge in [-0.3, -0.25) is 9.59 Å². The summed E-state index contributed by atoms with van der Waals surface area (Å²) in [6, 6.07) is 24.6. The lowest BCUT2D eigenvalue weighted by Crippen LogP contribution is -2.17. The SMILES string of the molecule is NC(=O)c1oc2ccccc2c1NC(=O)c1ccc(Cc2ccccc2)cc1. The van der Waals surface area contributed by atoms with Gasteiger partial charge in [-0.1, -0.05) is 54.6 Å². The fraction of sp³-hybridized carbons (Fsp3) is 0.0435. The second-order valence-electron chi connectivity index (χ2n) is 6.48. The highest BCUT2D eigenvalue weighted by Crippen LogP contribution is 2.31. The molecular weight excluding hydrogens is 352 g/mol. The molecule has 138 valence electrons. The van der Waals surface area contributed by atoms with Gasteiger partial charge < -0.3 is 15.5 Å². The van der Waals surface area contributed by atoms with E-state index in [0.29, 0.717) is 22.2 Å². The normalized spacial score (nSPS) is 10.7. The Morgan fingerprint density at radius 1 is 0.821 bits per heavy atom. The van der Waals surface area contributed by atoms with E-state index in [9.17, 15) is 9.59 Å². The van der Waals surface area contributed by atoms with Crippen molar-refractivity contribution in [3.05, 3.63) is 101 Å². The van der Waals surface area contributed by atoms with Crippen LogP contribution in [-0.4, -0.2) is 11.8 Å². The third kappa shape index (κ3) is 3.50. The van der Waals surface area contributed by atoms with E-state index in [1.54, 1.807) is 36.4 Å². The fourth-order valence-corrected chi connectivity index (χ4v) is 3.13. The summed E-state index contributed by atoms with van der Waals surface area (Å²) in [6.07, 6.45) is 0.793. The minimum absolute atomic E-state index is 0.0600. The predicted octanol–water partition coefficient (Wildman–Crippen LogP) is 4.37. The highest BCUT2D eigenvalue weighted by Gasteiger charge is 2.20. The quantitative estimate of drug-likeness (QED) is 0.547. The molecule has 0 fully saturated rings. The molecule has 0 spiro atoms. The number of nitrogens with two attached hydrogens (primary N) is 1. The monoisotopic (exact) mass is 370 g/mol. The molecule has 0 aliphatic carbocycles. The van der Waals surface area contributed by atoms with Crippen molar-refractivity contribution < 1.29 is 14.0 Å². The van der Waals surface area contributed by atoms with Crippen LogP contribution in [0.1, 0.15) is 32.0 Å². The van der Waals surface area contributed by atoms with E-state index in [-0.39, 0.29) is 11.7 Å². The van der Waals surface area contributed by atoms with Gasteiger partial charge in [-0.15, -0.1) is 0 Å². The van der Waals surface area contributed by atoms with Crippen molar-refractivity contribution in [2.75, 3.05) is 5.32 Å². The summed E-state index contributed by atoms with van der Waals surface area (Å²) in [5.41, 5.74) is 8.98. The Balaban J connectivity index is 1.57. The van der Waals surface area contributed by atoms with Crippen molar-refractivity contribution >= 4 is 28.5 Å². The van der Waals surface area contributed by atoms with E-state index in [2.05, 4.69) is 17.4 Å². The second-order valence-corrected chi connectivity index (χ2v) is 6.48. The minimum atomic E-state index is -0.732. The Morgan fingerprint density at radius 3 is 2.18 bits per heavy atom. The van der Waals surface area contributed by atoms with E-state index in [1.807, 2.05) is 30.3 Å². The molecule has 2 amide bonds. The highest BCUT2D eigenvalue weighted by atomic mass is 16.3. The predicted molar refractivity (Wildman–Crippen MR) is 108 cm³/mol. The van der Waals surface area contributed by atoms with Gasteiger partial charge in [-0.05, 0) is 41.8 Å². The maximum Gasteiger partial charge on any atom is 0.286 e. The first-order valence-corrected chi connectivity index (χ1v) is 8.87. The Bertz CT molecular complexity index is 1150. The molecule has 0 saturated heterocycles. The van der Waals surface area contributed by atoms with Gasteiger partial charge in [0.05, 0.1) is 0 Å². The molecule has 0 saturated carbocycles. The second kappa shape index (κ2) is 7.40. The number of primary amides is 1. The van der Waals surface area contributed by atoms with E-state index >= 15 is 0 Å². The molecule has 1 aromatic heterocycles. The lowest BCUT2D eigenvalue weighted by atomic mass is 10.0. The summed E-state index contributed by atoms with van der Waals surface area (Å²) in [5, 5.41) is 3.40. The Morgan fingerprint density at radius 2 is 1.46 bits per heavy atom. The summed E-state index contributed by atoms with van der Waals surface area (Å²) in [4.78, 5) is 24.4. The fourth-order valence-electron chi connectivity index (χ4n) is 3.13. The molecule has 4 aromatic rings. The number of hydrogen-bond acceptors (Lipinski definition) is 3. The van der Waals surface area contributed by atoms with Crippen LogP contribution in [0, 0.1) is 0 Å². The number of para-hydroxylation sites is 1. The first kappa shape index (κ1) is 17.5. The lowest BCUT2D eigenvalue weighted by molar-refractivity contribution is 0.0977. The lowest BCUT2D eigenvalue weighted by Gasteiger charge is -2.07. The number of rotatable bonds is 5. The van der Waals surface area contributed by atoms with Gasteiger partial charge in [-0.2, -0.15) is 0 Å².